The van der Waals surface area contributed by atoms with Crippen LogP contribution in [0.15, 0.2) is 40.5 Å². The van der Waals surface area contributed by atoms with Crippen molar-refractivity contribution in [1.29, 1.82) is 0 Å². The highest BCUT2D eigenvalue weighted by Crippen LogP contribution is 2.23. The lowest BCUT2D eigenvalue weighted by Gasteiger charge is -2.22. The van der Waals surface area contributed by atoms with Gasteiger partial charge in [-0.25, -0.2) is 4.98 Å². The molecule has 0 radical (unpaired) electrons. The Kier molecular flexibility index (Phi) is 4.62. The summed E-state index contributed by atoms with van der Waals surface area (Å²) in [5.74, 6) is 0.372. The fourth-order valence-corrected chi connectivity index (χ4v) is 3.54. The highest BCUT2D eigenvalue weighted by Gasteiger charge is 2.18. The van der Waals surface area contributed by atoms with Crippen LogP contribution in [0.1, 0.15) is 35.1 Å². The molecule has 3 aromatic rings. The minimum Gasteiger partial charge on any atom is -0.443 e. The van der Waals surface area contributed by atoms with Crippen molar-refractivity contribution in [3.8, 4) is 10.8 Å². The summed E-state index contributed by atoms with van der Waals surface area (Å²) in [5.41, 5.74) is 1.11. The molecule has 0 aliphatic carbocycles. The number of nitrogens with zero attached hydrogens (tertiary/aromatic N) is 3. The Morgan fingerprint density at radius 2 is 2.44 bits per heavy atom. The van der Waals surface area contributed by atoms with Gasteiger partial charge in [0.2, 0.25) is 5.89 Å². The number of piperidine rings is 1. The summed E-state index contributed by atoms with van der Waals surface area (Å²) in [6, 6.07) is 5.97. The first-order chi connectivity index (χ1) is 12.3. The van der Waals surface area contributed by atoms with Gasteiger partial charge in [0.05, 0.1) is 23.2 Å². The molecule has 130 valence electrons. The largest absolute Gasteiger partial charge is 0.443 e. The quantitative estimate of drug-likeness (QED) is 0.733. The lowest BCUT2D eigenvalue weighted by molar-refractivity contribution is 0.0944. The number of hydrogen-bond donors (Lipinski definition) is 2. The van der Waals surface area contributed by atoms with E-state index in [2.05, 4.69) is 20.7 Å². The van der Waals surface area contributed by atoms with Crippen LogP contribution in [-0.4, -0.2) is 33.8 Å². The van der Waals surface area contributed by atoms with E-state index in [9.17, 15) is 4.79 Å². The Morgan fingerprint density at radius 1 is 1.48 bits per heavy atom. The fourth-order valence-electron chi connectivity index (χ4n) is 2.88. The van der Waals surface area contributed by atoms with Gasteiger partial charge in [-0.2, -0.15) is 5.10 Å². The van der Waals surface area contributed by atoms with E-state index < -0.39 is 0 Å². The number of carbonyl (C=O) groups excluding carboxylic acids is 1. The molecule has 1 aliphatic heterocycles. The maximum absolute atomic E-state index is 12.3. The monoisotopic (exact) mass is 357 g/mol. The first-order valence-corrected chi connectivity index (χ1v) is 9.20. The molecule has 1 amide bonds. The van der Waals surface area contributed by atoms with E-state index in [4.69, 9.17) is 4.42 Å². The average molecular weight is 357 g/mol. The molecule has 1 saturated heterocycles. The molecule has 1 unspecified atom stereocenters. The number of thiophene rings is 1. The third kappa shape index (κ3) is 3.64. The van der Waals surface area contributed by atoms with Crippen molar-refractivity contribution >= 4 is 17.2 Å². The van der Waals surface area contributed by atoms with Crippen LogP contribution in [-0.2, 0) is 6.54 Å². The highest BCUT2D eigenvalue weighted by atomic mass is 32.1. The normalized spacial score (nSPS) is 17.5. The second-order valence-electron chi connectivity index (χ2n) is 5.99. The van der Waals surface area contributed by atoms with Gasteiger partial charge in [0.25, 0.3) is 5.91 Å². The summed E-state index contributed by atoms with van der Waals surface area (Å²) in [6.45, 7) is 2.26. The summed E-state index contributed by atoms with van der Waals surface area (Å²) < 4.78 is 7.33. The summed E-state index contributed by atoms with van der Waals surface area (Å²) in [5, 5.41) is 12.6. The molecule has 0 bridgehead atoms. The molecule has 0 saturated carbocycles. The predicted octanol–water partition coefficient (Wildman–Crippen LogP) is 2.45. The Balaban J connectivity index is 1.35. The van der Waals surface area contributed by atoms with Crippen LogP contribution in [0.4, 0.5) is 0 Å². The van der Waals surface area contributed by atoms with Crippen molar-refractivity contribution in [2.45, 2.75) is 25.4 Å². The number of carbonyl (C=O) groups is 1. The van der Waals surface area contributed by atoms with Crippen LogP contribution in [0.5, 0.6) is 0 Å². The fraction of sp³-hybridized carbons (Fsp3) is 0.353. The van der Waals surface area contributed by atoms with Crippen molar-refractivity contribution < 1.29 is 9.21 Å². The molecule has 0 aromatic carbocycles. The number of hydrogen-bond acceptors (Lipinski definition) is 6. The van der Waals surface area contributed by atoms with Crippen LogP contribution in [0.3, 0.4) is 0 Å². The Hall–Kier alpha value is -2.45. The number of amides is 1. The minimum absolute atomic E-state index is 0.205. The summed E-state index contributed by atoms with van der Waals surface area (Å²) in [6.07, 6.45) is 5.66. The maximum Gasteiger partial charge on any atom is 0.272 e. The van der Waals surface area contributed by atoms with E-state index in [-0.39, 0.29) is 5.91 Å². The van der Waals surface area contributed by atoms with Gasteiger partial charge >= 0.3 is 0 Å². The van der Waals surface area contributed by atoms with Crippen LogP contribution < -0.4 is 10.6 Å². The zero-order valence-corrected chi connectivity index (χ0v) is 14.5. The van der Waals surface area contributed by atoms with Crippen molar-refractivity contribution in [3.63, 3.8) is 0 Å². The molecule has 2 N–H and O–H groups in total. The molecule has 8 heteroatoms. The van der Waals surface area contributed by atoms with Crippen molar-refractivity contribution in [2.75, 3.05) is 13.1 Å². The van der Waals surface area contributed by atoms with Gasteiger partial charge < -0.3 is 15.1 Å². The molecule has 1 aliphatic rings. The van der Waals surface area contributed by atoms with Gasteiger partial charge in [-0.15, -0.1) is 11.3 Å². The Bertz CT molecular complexity index is 833. The molecule has 25 heavy (non-hydrogen) atoms. The minimum atomic E-state index is -0.205. The molecule has 0 spiro atoms. The number of nitrogens with one attached hydrogen (secondary N) is 2. The molecular formula is C17H19N5O2S. The first-order valence-electron chi connectivity index (χ1n) is 8.32. The van der Waals surface area contributed by atoms with Gasteiger partial charge in [-0.3, -0.25) is 9.48 Å². The number of oxazole rings is 1. The van der Waals surface area contributed by atoms with Gasteiger partial charge in [0, 0.05) is 12.7 Å². The molecule has 7 nitrogen and oxygen atoms in total. The second-order valence-corrected chi connectivity index (χ2v) is 6.93. The third-order valence-corrected chi connectivity index (χ3v) is 5.06. The predicted molar refractivity (Wildman–Crippen MR) is 94.4 cm³/mol. The molecule has 1 fully saturated rings. The molecule has 3 aromatic heterocycles. The van der Waals surface area contributed by atoms with E-state index in [1.54, 1.807) is 23.7 Å². The van der Waals surface area contributed by atoms with Crippen molar-refractivity contribution in [2.24, 2.45) is 0 Å². The van der Waals surface area contributed by atoms with E-state index in [1.807, 2.05) is 28.4 Å². The van der Waals surface area contributed by atoms with E-state index >= 15 is 0 Å². The molecule has 4 rings (SSSR count). The Morgan fingerprint density at radius 3 is 3.24 bits per heavy atom. The molecule has 1 atom stereocenters. The van der Waals surface area contributed by atoms with Crippen molar-refractivity contribution in [1.82, 2.24) is 25.4 Å². The topological polar surface area (TPSA) is 85.0 Å². The summed E-state index contributed by atoms with van der Waals surface area (Å²) in [7, 11) is 0. The first kappa shape index (κ1) is 16.0. The third-order valence-electron chi connectivity index (χ3n) is 4.20. The van der Waals surface area contributed by atoms with Crippen LogP contribution in [0, 0.1) is 0 Å². The van der Waals surface area contributed by atoms with Gasteiger partial charge in [-0.1, -0.05) is 6.07 Å². The number of aromatic nitrogens is 3. The second kappa shape index (κ2) is 7.20. The van der Waals surface area contributed by atoms with Crippen molar-refractivity contribution in [3.05, 3.63) is 47.4 Å². The summed E-state index contributed by atoms with van der Waals surface area (Å²) in [4.78, 5) is 17.7. The SMILES string of the molecule is O=C(NCc1coc(-c2cccs2)n1)c1ccn(C2CCCNC2)n1. The molecule has 4 heterocycles. The summed E-state index contributed by atoms with van der Waals surface area (Å²) >= 11 is 1.57. The van der Waals surface area contributed by atoms with E-state index in [0.29, 0.717) is 29.9 Å². The van der Waals surface area contributed by atoms with E-state index in [0.717, 1.165) is 30.8 Å². The van der Waals surface area contributed by atoms with Crippen LogP contribution in [0.2, 0.25) is 0 Å². The van der Waals surface area contributed by atoms with Crippen LogP contribution in [0.25, 0.3) is 10.8 Å². The number of rotatable bonds is 5. The Labute approximate surface area is 149 Å². The maximum atomic E-state index is 12.3. The smallest absolute Gasteiger partial charge is 0.272 e. The highest BCUT2D eigenvalue weighted by molar-refractivity contribution is 7.13. The van der Waals surface area contributed by atoms with Crippen LogP contribution >= 0.6 is 11.3 Å². The zero-order chi connectivity index (χ0) is 17.1. The lowest BCUT2D eigenvalue weighted by Crippen LogP contribution is -2.32. The van der Waals surface area contributed by atoms with Gasteiger partial charge in [-0.05, 0) is 36.9 Å². The zero-order valence-electron chi connectivity index (χ0n) is 13.6. The van der Waals surface area contributed by atoms with Gasteiger partial charge in [0.15, 0.2) is 0 Å². The lowest BCUT2D eigenvalue weighted by atomic mass is 10.1. The van der Waals surface area contributed by atoms with E-state index in [1.165, 1.54) is 0 Å². The van der Waals surface area contributed by atoms with Gasteiger partial charge in [0.1, 0.15) is 12.0 Å². The molecular weight excluding hydrogens is 338 g/mol. The standard InChI is InChI=1S/C17H19N5O2S/c23-16(14-5-7-22(21-14)13-3-1-6-18-10-13)19-9-12-11-24-17(20-12)15-4-2-8-25-15/h2,4-5,7-8,11,13,18H,1,3,6,9-10H2,(H,19,23). The average Bonchev–Trinajstić information content (AvgIpc) is 3.41.